The third-order valence-electron chi connectivity index (χ3n) is 11.6. The normalized spacial score (nSPS) is 17.4. The van der Waals surface area contributed by atoms with E-state index in [4.69, 9.17) is 9.73 Å². The molecule has 1 aliphatic rings. The van der Waals surface area contributed by atoms with Crippen LogP contribution in [0, 0.1) is 0 Å². The monoisotopic (exact) mass is 751 g/mol. The molecule has 3 unspecified atom stereocenters. The van der Waals surface area contributed by atoms with Gasteiger partial charge in [-0.3, -0.25) is 0 Å². The SMILES string of the molecule is c1ccc(C2[N-]C(c3ccc4c(c3)sc3ccc(-c5ccc6oc7cc(-n8c9ccccc9c9ccccc98)ccc7c6c5)cc34)NC(c3ccccc3)N2)cc1. The summed E-state index contributed by atoms with van der Waals surface area (Å²) in [6.45, 7) is 0. The van der Waals surface area contributed by atoms with E-state index in [9.17, 15) is 0 Å². The molecule has 0 amide bonds. The lowest BCUT2D eigenvalue weighted by molar-refractivity contribution is 0.316. The van der Waals surface area contributed by atoms with Gasteiger partial charge in [0.2, 0.25) is 0 Å². The lowest BCUT2D eigenvalue weighted by atomic mass is 10.00. The Balaban J connectivity index is 0.889. The second-order valence-electron chi connectivity index (χ2n) is 15.0. The Morgan fingerprint density at radius 3 is 1.82 bits per heavy atom. The zero-order valence-corrected chi connectivity index (χ0v) is 31.6. The standard InChI is InChI=1S/C51H35N4OS/c1-3-11-31(12-4-1)49-52-50(32-13-5-2-6-14-32)54-51(53-49)35-19-23-40-42-28-34(21-26-47(42)57-48(40)29-35)33-20-25-45-41(27-33)39-24-22-36(30-46(39)56-45)55-43-17-9-7-15-37(43)38-16-8-10-18-44(38)55/h1-30,49-53H/q-1. The highest BCUT2D eigenvalue weighted by Crippen LogP contribution is 2.42. The second-order valence-corrected chi connectivity index (χ2v) is 16.1. The highest BCUT2D eigenvalue weighted by molar-refractivity contribution is 7.25. The van der Waals surface area contributed by atoms with Crippen molar-refractivity contribution in [2.24, 2.45) is 0 Å². The Morgan fingerprint density at radius 1 is 0.439 bits per heavy atom. The van der Waals surface area contributed by atoms with Crippen molar-refractivity contribution in [3.8, 4) is 16.8 Å². The van der Waals surface area contributed by atoms with Gasteiger partial charge in [0.05, 0.1) is 17.2 Å². The molecule has 1 fully saturated rings. The molecule has 11 aromatic rings. The number of hydrogen-bond acceptors (Lipinski definition) is 4. The van der Waals surface area contributed by atoms with Gasteiger partial charge in [0.15, 0.2) is 0 Å². The molecule has 6 heteroatoms. The van der Waals surface area contributed by atoms with Crippen LogP contribution in [0.1, 0.15) is 35.2 Å². The van der Waals surface area contributed by atoms with Gasteiger partial charge < -0.3 is 24.9 Å². The fourth-order valence-corrected chi connectivity index (χ4v) is 10.0. The largest absolute Gasteiger partial charge is 0.624 e. The molecule has 0 bridgehead atoms. The number of fused-ring (bicyclic) bond motifs is 9. The van der Waals surface area contributed by atoms with Crippen LogP contribution in [0.4, 0.5) is 0 Å². The van der Waals surface area contributed by atoms with Crippen LogP contribution in [0.25, 0.3) is 86.0 Å². The van der Waals surface area contributed by atoms with Gasteiger partial charge >= 0.3 is 0 Å². The van der Waals surface area contributed by atoms with Gasteiger partial charge in [0.25, 0.3) is 0 Å². The summed E-state index contributed by atoms with van der Waals surface area (Å²) in [6.07, 6.45) is -0.331. The van der Waals surface area contributed by atoms with Crippen LogP contribution in [0.5, 0.6) is 0 Å². The Hall–Kier alpha value is -6.54. The predicted molar refractivity (Wildman–Crippen MR) is 237 cm³/mol. The number of nitrogens with one attached hydrogen (secondary N) is 2. The minimum absolute atomic E-state index is 0.0358. The molecule has 8 aromatic carbocycles. The van der Waals surface area contributed by atoms with Crippen LogP contribution >= 0.6 is 11.3 Å². The molecule has 1 saturated heterocycles. The molecule has 0 radical (unpaired) electrons. The number of nitrogens with zero attached hydrogens (tertiary/aromatic N) is 2. The summed E-state index contributed by atoms with van der Waals surface area (Å²) in [7, 11) is 0. The molecule has 4 heterocycles. The molecular weight excluding hydrogens is 717 g/mol. The van der Waals surface area contributed by atoms with E-state index in [0.717, 1.165) is 38.8 Å². The summed E-state index contributed by atoms with van der Waals surface area (Å²) in [6, 6.07) is 65.2. The smallest absolute Gasteiger partial charge is 0.137 e. The van der Waals surface area contributed by atoms with Gasteiger partial charge in [-0.1, -0.05) is 145 Å². The summed E-state index contributed by atoms with van der Waals surface area (Å²) >= 11 is 1.84. The highest BCUT2D eigenvalue weighted by Gasteiger charge is 2.22. The first-order valence-electron chi connectivity index (χ1n) is 19.5. The lowest BCUT2D eigenvalue weighted by Gasteiger charge is -2.50. The summed E-state index contributed by atoms with van der Waals surface area (Å²) in [5.74, 6) is 0. The van der Waals surface area contributed by atoms with Crippen LogP contribution in [0.2, 0.25) is 0 Å². The first-order chi connectivity index (χ1) is 28.2. The van der Waals surface area contributed by atoms with E-state index in [1.54, 1.807) is 0 Å². The molecule has 12 rings (SSSR count). The number of aromatic nitrogens is 1. The molecule has 3 aromatic heterocycles. The van der Waals surface area contributed by atoms with Crippen molar-refractivity contribution in [1.29, 1.82) is 0 Å². The highest BCUT2D eigenvalue weighted by atomic mass is 32.1. The minimum atomic E-state index is -0.165. The van der Waals surface area contributed by atoms with E-state index in [-0.39, 0.29) is 18.5 Å². The molecule has 57 heavy (non-hydrogen) atoms. The first-order valence-corrected chi connectivity index (χ1v) is 20.3. The fraction of sp³-hybridized carbons (Fsp3) is 0.0588. The minimum Gasteiger partial charge on any atom is -0.624 e. The summed E-state index contributed by atoms with van der Waals surface area (Å²) in [4.78, 5) is 0. The fourth-order valence-electron chi connectivity index (χ4n) is 8.87. The average Bonchev–Trinajstić information content (AvgIpc) is 3.95. The van der Waals surface area contributed by atoms with Crippen molar-refractivity contribution in [3.05, 3.63) is 204 Å². The molecular formula is C51H35N4OS-. The van der Waals surface area contributed by atoms with Crippen LogP contribution in [0.3, 0.4) is 0 Å². The Kier molecular flexibility index (Phi) is 7.46. The van der Waals surface area contributed by atoms with Crippen LogP contribution in [-0.4, -0.2) is 4.57 Å². The van der Waals surface area contributed by atoms with Gasteiger partial charge in [0, 0.05) is 53.5 Å². The van der Waals surface area contributed by atoms with Crippen molar-refractivity contribution >= 4 is 75.3 Å². The summed E-state index contributed by atoms with van der Waals surface area (Å²) < 4.78 is 11.4. The first kappa shape index (κ1) is 32.7. The topological polar surface area (TPSA) is 56.2 Å². The molecule has 0 aliphatic carbocycles. The summed E-state index contributed by atoms with van der Waals surface area (Å²) in [5, 5.41) is 20.1. The van der Waals surface area contributed by atoms with Crippen molar-refractivity contribution in [2.75, 3.05) is 0 Å². The van der Waals surface area contributed by atoms with E-state index in [2.05, 4.69) is 197 Å². The Labute approximate surface area is 332 Å². The van der Waals surface area contributed by atoms with E-state index < -0.39 is 0 Å². The van der Waals surface area contributed by atoms with E-state index in [1.165, 1.54) is 58.7 Å². The molecule has 1 aliphatic heterocycles. The van der Waals surface area contributed by atoms with Gasteiger partial charge in [-0.05, 0) is 71.3 Å². The average molecular weight is 752 g/mol. The van der Waals surface area contributed by atoms with Crippen LogP contribution in [-0.2, 0) is 0 Å². The third kappa shape index (κ3) is 5.41. The maximum absolute atomic E-state index is 6.52. The quantitative estimate of drug-likeness (QED) is 0.184. The lowest BCUT2D eigenvalue weighted by Crippen LogP contribution is -2.44. The molecule has 3 atom stereocenters. The van der Waals surface area contributed by atoms with Crippen molar-refractivity contribution in [2.45, 2.75) is 18.5 Å². The number of thiophene rings is 1. The van der Waals surface area contributed by atoms with Gasteiger partial charge in [-0.2, -0.15) is 0 Å². The number of hydrogen-bond donors (Lipinski definition) is 2. The summed E-state index contributed by atoms with van der Waals surface area (Å²) in [5.41, 5.74) is 11.1. The molecule has 0 spiro atoms. The van der Waals surface area contributed by atoms with E-state index >= 15 is 0 Å². The Morgan fingerprint density at radius 2 is 1.07 bits per heavy atom. The van der Waals surface area contributed by atoms with Crippen LogP contribution in [0.15, 0.2) is 186 Å². The zero-order chi connectivity index (χ0) is 37.5. The van der Waals surface area contributed by atoms with Gasteiger partial charge in [0.1, 0.15) is 11.2 Å². The maximum Gasteiger partial charge on any atom is 0.137 e. The van der Waals surface area contributed by atoms with E-state index in [1.807, 2.05) is 11.3 Å². The molecule has 5 nitrogen and oxygen atoms in total. The molecule has 2 N–H and O–H groups in total. The van der Waals surface area contributed by atoms with E-state index in [0.29, 0.717) is 0 Å². The molecule has 272 valence electrons. The predicted octanol–water partition coefficient (Wildman–Crippen LogP) is 13.7. The maximum atomic E-state index is 6.52. The van der Waals surface area contributed by atoms with Gasteiger partial charge in [-0.25, -0.2) is 0 Å². The number of para-hydroxylation sites is 2. The third-order valence-corrected chi connectivity index (χ3v) is 12.8. The number of benzene rings is 8. The van der Waals surface area contributed by atoms with Crippen LogP contribution < -0.4 is 10.6 Å². The zero-order valence-electron chi connectivity index (χ0n) is 30.8. The van der Waals surface area contributed by atoms with Gasteiger partial charge in [-0.15, -0.1) is 11.3 Å². The molecule has 0 saturated carbocycles. The number of rotatable bonds is 5. The van der Waals surface area contributed by atoms with Crippen molar-refractivity contribution < 1.29 is 4.42 Å². The van der Waals surface area contributed by atoms with Crippen molar-refractivity contribution in [1.82, 2.24) is 15.2 Å². The number of furan rings is 1. The Bertz CT molecular complexity index is 3210. The second kappa shape index (κ2) is 13.0. The van der Waals surface area contributed by atoms with Crippen molar-refractivity contribution in [3.63, 3.8) is 0 Å².